The second-order valence-corrected chi connectivity index (χ2v) is 15.4. The lowest BCUT2D eigenvalue weighted by Gasteiger charge is -2.34. The van der Waals surface area contributed by atoms with Crippen molar-refractivity contribution in [1.82, 2.24) is 20.2 Å². The van der Waals surface area contributed by atoms with Crippen LogP contribution in [0.5, 0.6) is 11.5 Å². The van der Waals surface area contributed by atoms with Crippen LogP contribution < -0.4 is 25.0 Å². The largest absolute Gasteiger partial charge is 0.497 e. The first-order valence-electron chi connectivity index (χ1n) is 16.5. The quantitative estimate of drug-likeness (QED) is 0.210. The molecule has 0 saturated heterocycles. The van der Waals surface area contributed by atoms with Gasteiger partial charge in [-0.05, 0) is 66.5 Å². The number of aromatic nitrogens is 2. The Morgan fingerprint density at radius 2 is 1.80 bits per heavy atom. The van der Waals surface area contributed by atoms with E-state index < -0.39 is 35.1 Å². The molecule has 3 amide bonds. The molecular formula is C35H45FN6O7S. The van der Waals surface area contributed by atoms with Crippen molar-refractivity contribution in [3.8, 4) is 22.1 Å². The van der Waals surface area contributed by atoms with Gasteiger partial charge in [-0.25, -0.2) is 28.8 Å². The summed E-state index contributed by atoms with van der Waals surface area (Å²) < 4.78 is 33.0. The highest BCUT2D eigenvalue weighted by molar-refractivity contribution is 7.19. The number of halogens is 1. The van der Waals surface area contributed by atoms with Crippen LogP contribution in [0.15, 0.2) is 24.4 Å². The van der Waals surface area contributed by atoms with Crippen LogP contribution >= 0.6 is 11.3 Å². The molecule has 0 spiro atoms. The number of amides is 3. The molecular weight excluding hydrogens is 667 g/mol. The number of hydrogen-bond donors (Lipinski definition) is 3. The van der Waals surface area contributed by atoms with Crippen LogP contribution in [0.1, 0.15) is 88.7 Å². The lowest BCUT2D eigenvalue weighted by molar-refractivity contribution is 0.0488. The van der Waals surface area contributed by atoms with Gasteiger partial charge in [0.1, 0.15) is 17.1 Å². The van der Waals surface area contributed by atoms with Gasteiger partial charge < -0.3 is 34.9 Å². The Kier molecular flexibility index (Phi) is 10.5. The van der Waals surface area contributed by atoms with Crippen molar-refractivity contribution >= 4 is 40.4 Å². The number of alkyl carbamates (subject to hydrolysis) is 1. The van der Waals surface area contributed by atoms with Crippen LogP contribution in [0.4, 0.5) is 24.9 Å². The zero-order chi connectivity index (χ0) is 36.5. The lowest BCUT2D eigenvalue weighted by Crippen LogP contribution is -2.50. The number of thiazole rings is 1. The Balaban J connectivity index is 1.55. The first-order valence-corrected chi connectivity index (χ1v) is 17.3. The van der Waals surface area contributed by atoms with E-state index >= 15 is 4.39 Å². The number of hydrogen-bond acceptors (Lipinski definition) is 10. The standard InChI is InChI=1S/C35H45FN6O7S/c1-34(2,3)42(33(45)46)31-37-16-25(50-31)28-26-21(18-41(30(26)43)17-19-13-14-20(47-7)15-24(19)48-8)27(36)29(40-28)38-22-11-9-10-12-23(22)39-32(44)49-35(4,5)6/h13-16,22-23H,9-12,17-18H2,1-8H3,(H,38,40)(H,39,44)(H,45,46)/t22-,23+/m1/s1. The molecule has 3 heterocycles. The van der Waals surface area contributed by atoms with Gasteiger partial charge in [0, 0.05) is 41.5 Å². The van der Waals surface area contributed by atoms with Gasteiger partial charge in [-0.1, -0.05) is 24.2 Å². The number of pyridine rings is 1. The highest BCUT2D eigenvalue weighted by atomic mass is 32.1. The number of nitrogens with one attached hydrogen (secondary N) is 2. The van der Waals surface area contributed by atoms with Gasteiger partial charge in [0.15, 0.2) is 16.8 Å². The summed E-state index contributed by atoms with van der Waals surface area (Å²) in [5, 5.41) is 16.4. The van der Waals surface area contributed by atoms with E-state index in [2.05, 4.69) is 15.6 Å². The maximum Gasteiger partial charge on any atom is 0.414 e. The summed E-state index contributed by atoms with van der Waals surface area (Å²) in [5.74, 6) is -0.0793. The van der Waals surface area contributed by atoms with Crippen molar-refractivity contribution in [3.05, 3.63) is 46.9 Å². The number of carboxylic acid groups (broad SMARTS) is 1. The van der Waals surface area contributed by atoms with Crippen molar-refractivity contribution in [2.75, 3.05) is 24.4 Å². The summed E-state index contributed by atoms with van der Waals surface area (Å²) in [6.45, 7) is 10.7. The molecule has 5 rings (SSSR count). The number of carbonyl (C=O) groups excluding carboxylic acids is 2. The molecule has 50 heavy (non-hydrogen) atoms. The Hall–Kier alpha value is -4.66. The van der Waals surface area contributed by atoms with Crippen molar-refractivity contribution in [1.29, 1.82) is 0 Å². The number of carbonyl (C=O) groups is 3. The van der Waals surface area contributed by atoms with Crippen LogP contribution in [-0.2, 0) is 17.8 Å². The third kappa shape index (κ3) is 7.87. The zero-order valence-corrected chi connectivity index (χ0v) is 30.5. The van der Waals surface area contributed by atoms with Crippen molar-refractivity contribution in [2.45, 2.75) is 104 Å². The summed E-state index contributed by atoms with van der Waals surface area (Å²) in [5.41, 5.74) is -0.372. The maximum atomic E-state index is 16.6. The number of ether oxygens (including phenoxy) is 3. The molecule has 2 aromatic heterocycles. The molecule has 2 atom stereocenters. The Morgan fingerprint density at radius 1 is 1.10 bits per heavy atom. The van der Waals surface area contributed by atoms with E-state index in [1.165, 1.54) is 18.2 Å². The van der Waals surface area contributed by atoms with E-state index in [4.69, 9.17) is 19.2 Å². The minimum Gasteiger partial charge on any atom is -0.497 e. The van der Waals surface area contributed by atoms with E-state index in [-0.39, 0.29) is 52.9 Å². The molecule has 270 valence electrons. The lowest BCUT2D eigenvalue weighted by atomic mass is 9.90. The summed E-state index contributed by atoms with van der Waals surface area (Å²) >= 11 is 1.05. The maximum absolute atomic E-state index is 16.6. The minimum atomic E-state index is -1.19. The highest BCUT2D eigenvalue weighted by Gasteiger charge is 2.39. The van der Waals surface area contributed by atoms with E-state index in [0.29, 0.717) is 34.8 Å². The summed E-state index contributed by atoms with van der Waals surface area (Å²) in [6.07, 6.45) is 2.74. The van der Waals surface area contributed by atoms with Gasteiger partial charge in [0.05, 0.1) is 42.9 Å². The molecule has 0 bridgehead atoms. The average molecular weight is 713 g/mol. The second kappa shape index (κ2) is 14.3. The van der Waals surface area contributed by atoms with Crippen LogP contribution in [0.25, 0.3) is 10.6 Å². The fourth-order valence-corrected chi connectivity index (χ4v) is 7.34. The molecule has 0 radical (unpaired) electrons. The fraction of sp³-hybridized carbons (Fsp3) is 0.514. The first-order chi connectivity index (χ1) is 23.5. The predicted octanol–water partition coefficient (Wildman–Crippen LogP) is 7.05. The summed E-state index contributed by atoms with van der Waals surface area (Å²) in [6, 6.07) is 4.53. The molecule has 1 aliphatic carbocycles. The van der Waals surface area contributed by atoms with Crippen LogP contribution in [0, 0.1) is 5.82 Å². The van der Waals surface area contributed by atoms with E-state index in [0.717, 1.165) is 29.1 Å². The molecule has 13 nitrogen and oxygen atoms in total. The van der Waals surface area contributed by atoms with Crippen molar-refractivity contribution in [2.24, 2.45) is 0 Å². The SMILES string of the molecule is COc1ccc(CN2Cc3c(F)c(N[C@@H]4CCCC[C@@H]4NC(=O)OC(C)(C)C)nc(-c4cnc(N(C(=O)O)C(C)(C)C)s4)c3C2=O)c(OC)c1. The number of methoxy groups -OCH3 is 2. The predicted molar refractivity (Wildman–Crippen MR) is 188 cm³/mol. The minimum absolute atomic E-state index is 0.0431. The average Bonchev–Trinajstić information content (AvgIpc) is 3.62. The Labute approximate surface area is 295 Å². The van der Waals surface area contributed by atoms with Crippen molar-refractivity contribution in [3.63, 3.8) is 0 Å². The molecule has 2 aliphatic rings. The van der Waals surface area contributed by atoms with Gasteiger partial charge >= 0.3 is 12.2 Å². The number of anilines is 2. The molecule has 1 saturated carbocycles. The highest BCUT2D eigenvalue weighted by Crippen LogP contribution is 2.41. The third-order valence-electron chi connectivity index (χ3n) is 8.51. The van der Waals surface area contributed by atoms with Crippen LogP contribution in [0.2, 0.25) is 0 Å². The molecule has 1 aliphatic heterocycles. The number of fused-ring (bicyclic) bond motifs is 1. The molecule has 3 N–H and O–H groups in total. The summed E-state index contributed by atoms with van der Waals surface area (Å²) in [7, 11) is 3.07. The first kappa shape index (κ1) is 36.6. The summed E-state index contributed by atoms with van der Waals surface area (Å²) in [4.78, 5) is 51.2. The topological polar surface area (TPSA) is 155 Å². The molecule has 1 fully saturated rings. The molecule has 3 aromatic rings. The smallest absolute Gasteiger partial charge is 0.414 e. The monoisotopic (exact) mass is 712 g/mol. The number of rotatable bonds is 9. The molecule has 15 heteroatoms. The normalized spacial score (nSPS) is 17.6. The zero-order valence-electron chi connectivity index (χ0n) is 29.7. The fourth-order valence-electron chi connectivity index (χ4n) is 6.25. The van der Waals surface area contributed by atoms with Crippen molar-refractivity contribution < 1.29 is 38.1 Å². The molecule has 1 aromatic carbocycles. The van der Waals surface area contributed by atoms with Gasteiger partial charge in [-0.2, -0.15) is 0 Å². The number of benzene rings is 1. The van der Waals surface area contributed by atoms with Crippen LogP contribution in [0.3, 0.4) is 0 Å². The van der Waals surface area contributed by atoms with E-state index in [1.807, 2.05) is 0 Å². The second-order valence-electron chi connectivity index (χ2n) is 14.4. The van der Waals surface area contributed by atoms with Gasteiger partial charge in [-0.15, -0.1) is 0 Å². The van der Waals surface area contributed by atoms with Crippen LogP contribution in [-0.4, -0.2) is 75.5 Å². The van der Waals surface area contributed by atoms with Gasteiger partial charge in [0.25, 0.3) is 5.91 Å². The Morgan fingerprint density at radius 3 is 2.42 bits per heavy atom. The van der Waals surface area contributed by atoms with E-state index in [9.17, 15) is 19.5 Å². The molecule has 0 unspecified atom stereocenters. The van der Waals surface area contributed by atoms with E-state index in [1.54, 1.807) is 66.9 Å². The Bertz CT molecular complexity index is 1770. The van der Waals surface area contributed by atoms with Gasteiger partial charge in [-0.3, -0.25) is 4.79 Å². The third-order valence-corrected chi connectivity index (χ3v) is 9.50. The van der Waals surface area contributed by atoms with Gasteiger partial charge in [0.2, 0.25) is 0 Å². The number of nitrogens with zero attached hydrogens (tertiary/aromatic N) is 4.